The molecule has 0 radical (unpaired) electrons. The predicted octanol–water partition coefficient (Wildman–Crippen LogP) is 4.94. The number of amides is 1. The van der Waals surface area contributed by atoms with Crippen molar-refractivity contribution in [3.63, 3.8) is 0 Å². The van der Waals surface area contributed by atoms with Gasteiger partial charge in [0, 0.05) is 29.8 Å². The summed E-state index contributed by atoms with van der Waals surface area (Å²) in [5, 5.41) is 10.2. The van der Waals surface area contributed by atoms with Crippen molar-refractivity contribution in [2.45, 2.75) is 56.5 Å². The van der Waals surface area contributed by atoms with E-state index in [9.17, 15) is 23.1 Å². The molecule has 1 aliphatic carbocycles. The van der Waals surface area contributed by atoms with Crippen LogP contribution in [-0.2, 0) is 28.9 Å². The Bertz CT molecular complexity index is 971. The van der Waals surface area contributed by atoms with Gasteiger partial charge in [-0.15, -0.1) is 0 Å². The summed E-state index contributed by atoms with van der Waals surface area (Å²) in [5.41, 5.74) is -5.14. The molecule has 2 aromatic rings. The fourth-order valence-corrected chi connectivity index (χ4v) is 4.57. The van der Waals surface area contributed by atoms with Gasteiger partial charge in [-0.1, -0.05) is 30.3 Å². The zero-order valence-electron chi connectivity index (χ0n) is 16.6. The normalized spacial score (nSPS) is 25.7. The zero-order valence-corrected chi connectivity index (χ0v) is 16.6. The second-order valence-electron chi connectivity index (χ2n) is 8.23. The van der Waals surface area contributed by atoms with Crippen molar-refractivity contribution >= 4 is 11.6 Å². The lowest BCUT2D eigenvalue weighted by atomic mass is 9.61. The Kier molecular flexibility index (Phi) is 4.92. The number of aliphatic hydroxyl groups is 1. The van der Waals surface area contributed by atoms with Crippen LogP contribution in [0.3, 0.4) is 0 Å². The van der Waals surface area contributed by atoms with E-state index in [1.165, 1.54) is 12.1 Å². The number of benzene rings is 2. The van der Waals surface area contributed by atoms with Crippen LogP contribution in [-0.4, -0.2) is 23.7 Å². The van der Waals surface area contributed by atoms with Gasteiger partial charge in [-0.05, 0) is 55.9 Å². The van der Waals surface area contributed by atoms with Crippen molar-refractivity contribution in [2.75, 3.05) is 11.4 Å². The molecular formula is C23H23F4NO2. The Balaban J connectivity index is 1.67. The molecule has 2 unspecified atom stereocenters. The van der Waals surface area contributed by atoms with Crippen molar-refractivity contribution in [3.8, 4) is 0 Å². The Labute approximate surface area is 172 Å². The lowest BCUT2D eigenvalue weighted by Gasteiger charge is -2.51. The van der Waals surface area contributed by atoms with Crippen LogP contribution < -0.4 is 4.90 Å². The molecule has 1 N–H and O–H groups in total. The molecule has 0 bridgehead atoms. The average molecular weight is 421 g/mol. The SMILES string of the molecule is CC1(F)c2cc3c(cc2C1(O)C(F)(F)F)CCCCN3C(=O)CCc1ccccc1. The van der Waals surface area contributed by atoms with Crippen LogP contribution in [0.25, 0.3) is 0 Å². The van der Waals surface area contributed by atoms with E-state index in [1.54, 1.807) is 4.90 Å². The molecule has 2 aliphatic rings. The quantitative estimate of drug-likeness (QED) is 0.714. The number of aryl methyl sites for hydroxylation is 2. The molecule has 30 heavy (non-hydrogen) atoms. The Morgan fingerprint density at radius 2 is 1.83 bits per heavy atom. The molecule has 4 rings (SSSR count). The summed E-state index contributed by atoms with van der Waals surface area (Å²) in [4.78, 5) is 14.5. The van der Waals surface area contributed by atoms with Crippen molar-refractivity contribution in [2.24, 2.45) is 0 Å². The highest BCUT2D eigenvalue weighted by Crippen LogP contribution is 2.63. The van der Waals surface area contributed by atoms with Crippen LogP contribution in [0, 0.1) is 0 Å². The second-order valence-corrected chi connectivity index (χ2v) is 8.23. The van der Waals surface area contributed by atoms with Crippen LogP contribution >= 0.6 is 0 Å². The lowest BCUT2D eigenvalue weighted by molar-refractivity contribution is -0.328. The van der Waals surface area contributed by atoms with Gasteiger partial charge in [-0.3, -0.25) is 4.79 Å². The lowest BCUT2D eigenvalue weighted by Crippen LogP contribution is -2.62. The highest BCUT2D eigenvalue weighted by atomic mass is 19.4. The number of fused-ring (bicyclic) bond motifs is 2. The minimum absolute atomic E-state index is 0.145. The van der Waals surface area contributed by atoms with Gasteiger partial charge in [-0.2, -0.15) is 13.2 Å². The summed E-state index contributed by atoms with van der Waals surface area (Å²) in [6, 6.07) is 12.1. The van der Waals surface area contributed by atoms with Gasteiger partial charge in [0.25, 0.3) is 0 Å². The summed E-state index contributed by atoms with van der Waals surface area (Å²) < 4.78 is 55.5. The number of halogens is 4. The van der Waals surface area contributed by atoms with E-state index in [2.05, 4.69) is 0 Å². The largest absolute Gasteiger partial charge is 0.425 e. The summed E-state index contributed by atoms with van der Waals surface area (Å²) >= 11 is 0. The summed E-state index contributed by atoms with van der Waals surface area (Å²) in [6.07, 6.45) is -2.46. The Hall–Kier alpha value is -2.41. The number of anilines is 1. The van der Waals surface area contributed by atoms with E-state index in [0.717, 1.165) is 12.5 Å². The minimum Gasteiger partial charge on any atom is -0.374 e. The van der Waals surface area contributed by atoms with Crippen LogP contribution in [0.15, 0.2) is 42.5 Å². The van der Waals surface area contributed by atoms with Gasteiger partial charge in [0.1, 0.15) is 0 Å². The number of carbonyl (C=O) groups excluding carboxylic acids is 1. The van der Waals surface area contributed by atoms with E-state index >= 15 is 4.39 Å². The molecule has 0 saturated carbocycles. The van der Waals surface area contributed by atoms with E-state index in [-0.39, 0.29) is 17.9 Å². The maximum Gasteiger partial charge on any atom is 0.425 e. The number of carbonyl (C=O) groups is 1. The van der Waals surface area contributed by atoms with Gasteiger partial charge >= 0.3 is 6.18 Å². The van der Waals surface area contributed by atoms with Gasteiger partial charge in [-0.25, -0.2) is 4.39 Å². The van der Waals surface area contributed by atoms with E-state index in [0.29, 0.717) is 43.5 Å². The maximum atomic E-state index is 15.0. The van der Waals surface area contributed by atoms with E-state index < -0.39 is 23.0 Å². The van der Waals surface area contributed by atoms with Crippen molar-refractivity contribution in [3.05, 3.63) is 64.7 Å². The van der Waals surface area contributed by atoms with Gasteiger partial charge < -0.3 is 10.0 Å². The Morgan fingerprint density at radius 3 is 2.50 bits per heavy atom. The molecular weight excluding hydrogens is 398 g/mol. The van der Waals surface area contributed by atoms with E-state index in [4.69, 9.17) is 0 Å². The first-order valence-corrected chi connectivity index (χ1v) is 10.1. The Morgan fingerprint density at radius 1 is 1.13 bits per heavy atom. The molecule has 0 fully saturated rings. The number of rotatable bonds is 3. The fourth-order valence-electron chi connectivity index (χ4n) is 4.57. The van der Waals surface area contributed by atoms with Crippen molar-refractivity contribution < 1.29 is 27.5 Å². The average Bonchev–Trinajstić information content (AvgIpc) is 2.92. The molecule has 0 aromatic heterocycles. The third-order valence-corrected chi connectivity index (χ3v) is 6.34. The predicted molar refractivity (Wildman–Crippen MR) is 105 cm³/mol. The topological polar surface area (TPSA) is 40.5 Å². The first-order valence-electron chi connectivity index (χ1n) is 10.1. The molecule has 1 heterocycles. The molecule has 1 amide bonds. The van der Waals surface area contributed by atoms with Crippen molar-refractivity contribution in [1.82, 2.24) is 0 Å². The van der Waals surface area contributed by atoms with Crippen LogP contribution in [0.2, 0.25) is 0 Å². The summed E-state index contributed by atoms with van der Waals surface area (Å²) in [5.74, 6) is -0.145. The first-order chi connectivity index (χ1) is 14.1. The number of alkyl halides is 4. The van der Waals surface area contributed by atoms with Gasteiger partial charge in [0.15, 0.2) is 5.67 Å². The molecule has 7 heteroatoms. The monoisotopic (exact) mass is 421 g/mol. The van der Waals surface area contributed by atoms with Crippen LogP contribution in [0.5, 0.6) is 0 Å². The molecule has 0 saturated heterocycles. The third-order valence-electron chi connectivity index (χ3n) is 6.34. The van der Waals surface area contributed by atoms with E-state index in [1.807, 2.05) is 30.3 Å². The molecule has 2 aromatic carbocycles. The highest BCUT2D eigenvalue weighted by molar-refractivity contribution is 5.95. The number of nitrogens with zero attached hydrogens (tertiary/aromatic N) is 1. The number of hydrogen-bond donors (Lipinski definition) is 1. The molecule has 0 spiro atoms. The zero-order chi connectivity index (χ0) is 21.7. The van der Waals surface area contributed by atoms with Crippen LogP contribution in [0.1, 0.15) is 48.4 Å². The van der Waals surface area contributed by atoms with Gasteiger partial charge in [0.2, 0.25) is 11.5 Å². The standard InChI is InChI=1S/C23H23F4NO2/c1-21(24)17-14-19-16(13-18(17)22(21,30)23(25,26)27)9-5-6-12-28(19)20(29)11-10-15-7-3-2-4-8-15/h2-4,7-8,13-14,30H,5-6,9-12H2,1H3. The smallest absolute Gasteiger partial charge is 0.374 e. The second kappa shape index (κ2) is 7.08. The molecule has 3 nitrogen and oxygen atoms in total. The van der Waals surface area contributed by atoms with Gasteiger partial charge in [0.05, 0.1) is 0 Å². The highest BCUT2D eigenvalue weighted by Gasteiger charge is 2.74. The fraction of sp³-hybridized carbons (Fsp3) is 0.435. The summed E-state index contributed by atoms with van der Waals surface area (Å²) in [7, 11) is 0. The first kappa shape index (κ1) is 20.8. The third kappa shape index (κ3) is 3.02. The molecule has 160 valence electrons. The molecule has 1 aliphatic heterocycles. The maximum absolute atomic E-state index is 15.0. The molecule has 2 atom stereocenters. The minimum atomic E-state index is -5.13. The van der Waals surface area contributed by atoms with Crippen LogP contribution in [0.4, 0.5) is 23.2 Å². The number of hydrogen-bond acceptors (Lipinski definition) is 2. The summed E-state index contributed by atoms with van der Waals surface area (Å²) in [6.45, 7) is 1.18. The van der Waals surface area contributed by atoms with Crippen molar-refractivity contribution in [1.29, 1.82) is 0 Å².